The van der Waals surface area contributed by atoms with Crippen LogP contribution in [0.1, 0.15) is 18.5 Å². The summed E-state index contributed by atoms with van der Waals surface area (Å²) in [6, 6.07) is 6.88. The first-order valence-electron chi connectivity index (χ1n) is 6.66. The fraction of sp³-hybridized carbons (Fsp3) is 0.500. The summed E-state index contributed by atoms with van der Waals surface area (Å²) in [7, 11) is 0. The number of amides is 1. The lowest BCUT2D eigenvalue weighted by atomic mass is 10.1. The Bertz CT molecular complexity index is 430. The summed E-state index contributed by atoms with van der Waals surface area (Å²) in [5.41, 5.74) is 0.911. The van der Waals surface area contributed by atoms with Crippen molar-refractivity contribution in [1.82, 2.24) is 15.5 Å². The summed E-state index contributed by atoms with van der Waals surface area (Å²) in [4.78, 5) is 14.1. The predicted molar refractivity (Wildman–Crippen MR) is 74.0 cm³/mol. The molecule has 1 heterocycles. The molecule has 1 aliphatic heterocycles. The molecule has 0 aromatic heterocycles. The van der Waals surface area contributed by atoms with Crippen molar-refractivity contribution in [2.24, 2.45) is 0 Å². The molecule has 5 nitrogen and oxygen atoms in total. The monoisotopic (exact) mass is 263 g/mol. The zero-order chi connectivity index (χ0) is 13.7. The molecule has 1 fully saturated rings. The molecule has 2 rings (SSSR count). The van der Waals surface area contributed by atoms with Crippen molar-refractivity contribution in [2.75, 3.05) is 32.7 Å². The third kappa shape index (κ3) is 4.22. The van der Waals surface area contributed by atoms with Gasteiger partial charge in [-0.05, 0) is 24.6 Å². The lowest BCUT2D eigenvalue weighted by molar-refractivity contribution is -0.123. The van der Waals surface area contributed by atoms with Gasteiger partial charge in [0.1, 0.15) is 5.75 Å². The number of rotatable bonds is 4. The third-order valence-corrected chi connectivity index (χ3v) is 3.32. The highest BCUT2D eigenvalue weighted by Gasteiger charge is 2.15. The van der Waals surface area contributed by atoms with E-state index in [9.17, 15) is 9.90 Å². The molecule has 0 saturated carbocycles. The molecule has 0 aliphatic carbocycles. The normalized spacial score (nSPS) is 17.9. The van der Waals surface area contributed by atoms with Crippen LogP contribution >= 0.6 is 0 Å². The topological polar surface area (TPSA) is 64.6 Å². The van der Waals surface area contributed by atoms with Gasteiger partial charge in [-0.2, -0.15) is 0 Å². The number of phenols is 1. The lowest BCUT2D eigenvalue weighted by Crippen LogP contribution is -2.47. The second-order valence-corrected chi connectivity index (χ2v) is 4.91. The maximum absolute atomic E-state index is 11.9. The number of hydrogen-bond donors (Lipinski definition) is 3. The summed E-state index contributed by atoms with van der Waals surface area (Å²) >= 11 is 0. The standard InChI is InChI=1S/C14H21N3O2/c1-11(12-3-2-4-13(18)9-12)16-14(19)10-17-7-5-15-6-8-17/h2-4,9,11,15,18H,5-8,10H2,1H3,(H,16,19). The van der Waals surface area contributed by atoms with Crippen LogP contribution in [0.25, 0.3) is 0 Å². The summed E-state index contributed by atoms with van der Waals surface area (Å²) in [5.74, 6) is 0.249. The number of piperazine rings is 1. The van der Waals surface area contributed by atoms with Gasteiger partial charge in [-0.1, -0.05) is 12.1 Å². The Kier molecular flexibility index (Phi) is 4.76. The molecule has 1 aromatic rings. The Hall–Kier alpha value is -1.59. The van der Waals surface area contributed by atoms with Crippen LogP contribution in [0, 0.1) is 0 Å². The minimum Gasteiger partial charge on any atom is -0.508 e. The predicted octanol–water partition coefficient (Wildman–Crippen LogP) is 0.475. The van der Waals surface area contributed by atoms with Gasteiger partial charge < -0.3 is 15.7 Å². The smallest absolute Gasteiger partial charge is 0.234 e. The van der Waals surface area contributed by atoms with Crippen LogP contribution in [0.2, 0.25) is 0 Å². The van der Waals surface area contributed by atoms with E-state index in [1.165, 1.54) is 0 Å². The van der Waals surface area contributed by atoms with E-state index in [4.69, 9.17) is 0 Å². The van der Waals surface area contributed by atoms with Crippen molar-refractivity contribution in [3.05, 3.63) is 29.8 Å². The van der Waals surface area contributed by atoms with Crippen molar-refractivity contribution in [1.29, 1.82) is 0 Å². The fourth-order valence-corrected chi connectivity index (χ4v) is 2.24. The molecule has 104 valence electrons. The maximum Gasteiger partial charge on any atom is 0.234 e. The van der Waals surface area contributed by atoms with Crippen LogP contribution in [0.3, 0.4) is 0 Å². The Labute approximate surface area is 113 Å². The number of hydrogen-bond acceptors (Lipinski definition) is 4. The zero-order valence-electron chi connectivity index (χ0n) is 11.2. The SMILES string of the molecule is CC(NC(=O)CN1CCNCC1)c1cccc(O)c1. The van der Waals surface area contributed by atoms with Gasteiger partial charge in [0.05, 0.1) is 12.6 Å². The fourth-order valence-electron chi connectivity index (χ4n) is 2.24. The molecule has 19 heavy (non-hydrogen) atoms. The number of carbonyl (C=O) groups excluding carboxylic acids is 1. The van der Waals surface area contributed by atoms with Crippen molar-refractivity contribution < 1.29 is 9.90 Å². The van der Waals surface area contributed by atoms with Crippen LogP contribution in [-0.2, 0) is 4.79 Å². The molecule has 0 radical (unpaired) electrons. The van der Waals surface area contributed by atoms with Gasteiger partial charge >= 0.3 is 0 Å². The minimum atomic E-state index is -0.0949. The van der Waals surface area contributed by atoms with Crippen LogP contribution in [-0.4, -0.2) is 48.6 Å². The van der Waals surface area contributed by atoms with Crippen LogP contribution in [0.15, 0.2) is 24.3 Å². The van der Waals surface area contributed by atoms with Crippen molar-refractivity contribution in [2.45, 2.75) is 13.0 Å². The minimum absolute atomic E-state index is 0.0257. The van der Waals surface area contributed by atoms with E-state index >= 15 is 0 Å². The molecule has 1 unspecified atom stereocenters. The molecular weight excluding hydrogens is 242 g/mol. The van der Waals surface area contributed by atoms with Crippen molar-refractivity contribution >= 4 is 5.91 Å². The first-order valence-corrected chi connectivity index (χ1v) is 6.66. The van der Waals surface area contributed by atoms with Crippen LogP contribution in [0.5, 0.6) is 5.75 Å². The van der Waals surface area contributed by atoms with E-state index in [0.29, 0.717) is 6.54 Å². The summed E-state index contributed by atoms with van der Waals surface area (Å²) in [6.45, 7) is 6.06. The highest BCUT2D eigenvalue weighted by Crippen LogP contribution is 2.17. The number of phenolic OH excluding ortho intramolecular Hbond substituents is 1. The molecule has 0 spiro atoms. The average molecular weight is 263 g/mol. The second-order valence-electron chi connectivity index (χ2n) is 4.91. The molecule has 1 aromatic carbocycles. The number of benzene rings is 1. The highest BCUT2D eigenvalue weighted by atomic mass is 16.3. The van der Waals surface area contributed by atoms with Gasteiger partial charge in [0.15, 0.2) is 0 Å². The molecule has 1 atom stereocenters. The van der Waals surface area contributed by atoms with Crippen molar-refractivity contribution in [3.63, 3.8) is 0 Å². The Morgan fingerprint density at radius 1 is 1.47 bits per heavy atom. The van der Waals surface area contributed by atoms with Gasteiger partial charge in [-0.15, -0.1) is 0 Å². The number of aromatic hydroxyl groups is 1. The quantitative estimate of drug-likeness (QED) is 0.739. The Morgan fingerprint density at radius 2 is 2.21 bits per heavy atom. The zero-order valence-corrected chi connectivity index (χ0v) is 11.2. The maximum atomic E-state index is 11.9. The largest absolute Gasteiger partial charge is 0.508 e. The molecular formula is C14H21N3O2. The van der Waals surface area contributed by atoms with Gasteiger partial charge in [0.25, 0.3) is 0 Å². The summed E-state index contributed by atoms with van der Waals surface area (Å²) in [6.07, 6.45) is 0. The Balaban J connectivity index is 1.84. The van der Waals surface area contributed by atoms with E-state index in [1.807, 2.05) is 13.0 Å². The lowest BCUT2D eigenvalue weighted by Gasteiger charge is -2.27. The average Bonchev–Trinajstić information content (AvgIpc) is 2.39. The van der Waals surface area contributed by atoms with E-state index in [2.05, 4.69) is 15.5 Å². The first-order chi connectivity index (χ1) is 9.15. The number of carbonyl (C=O) groups is 1. The van der Waals surface area contributed by atoms with E-state index in [0.717, 1.165) is 31.7 Å². The Morgan fingerprint density at radius 3 is 2.89 bits per heavy atom. The third-order valence-electron chi connectivity index (χ3n) is 3.32. The van der Waals surface area contributed by atoms with Crippen LogP contribution < -0.4 is 10.6 Å². The van der Waals surface area contributed by atoms with Gasteiger partial charge in [0.2, 0.25) is 5.91 Å². The van der Waals surface area contributed by atoms with E-state index in [1.54, 1.807) is 18.2 Å². The van der Waals surface area contributed by atoms with Crippen LogP contribution in [0.4, 0.5) is 0 Å². The summed E-state index contributed by atoms with van der Waals surface area (Å²) < 4.78 is 0. The molecule has 5 heteroatoms. The van der Waals surface area contributed by atoms with Gasteiger partial charge in [-0.3, -0.25) is 9.69 Å². The molecule has 1 saturated heterocycles. The molecule has 3 N–H and O–H groups in total. The molecule has 1 amide bonds. The number of nitrogens with zero attached hydrogens (tertiary/aromatic N) is 1. The molecule has 0 bridgehead atoms. The van der Waals surface area contributed by atoms with E-state index < -0.39 is 0 Å². The highest BCUT2D eigenvalue weighted by molar-refractivity contribution is 5.78. The van der Waals surface area contributed by atoms with Gasteiger partial charge in [-0.25, -0.2) is 0 Å². The van der Waals surface area contributed by atoms with Gasteiger partial charge in [0, 0.05) is 26.2 Å². The van der Waals surface area contributed by atoms with Crippen molar-refractivity contribution in [3.8, 4) is 5.75 Å². The molecule has 1 aliphatic rings. The summed E-state index contributed by atoms with van der Waals surface area (Å²) in [5, 5.41) is 15.6. The van der Waals surface area contributed by atoms with E-state index in [-0.39, 0.29) is 17.7 Å². The first kappa shape index (κ1) is 13.8. The number of nitrogens with one attached hydrogen (secondary N) is 2. The second kappa shape index (κ2) is 6.54.